The number of fused-ring (bicyclic) bond motifs is 1. The van der Waals surface area contributed by atoms with Gasteiger partial charge in [0, 0.05) is 17.6 Å². The van der Waals surface area contributed by atoms with Gasteiger partial charge in [-0.2, -0.15) is 0 Å². The topological polar surface area (TPSA) is 24.9 Å². The molecule has 1 heterocycles. The Kier molecular flexibility index (Phi) is 3.28. The summed E-state index contributed by atoms with van der Waals surface area (Å²) < 4.78 is 0. The van der Waals surface area contributed by atoms with Crippen molar-refractivity contribution in [2.75, 3.05) is 7.05 Å². The first-order valence-electron chi connectivity index (χ1n) is 7.25. The van der Waals surface area contributed by atoms with Crippen LogP contribution in [0.1, 0.15) is 44.2 Å². The number of nitrogens with zero attached hydrogens (tertiary/aromatic N) is 1. The second kappa shape index (κ2) is 4.93. The first-order chi connectivity index (χ1) is 9.24. The summed E-state index contributed by atoms with van der Waals surface area (Å²) in [6, 6.07) is 11.1. The molecule has 3 rings (SSSR count). The minimum Gasteiger partial charge on any atom is -0.313 e. The van der Waals surface area contributed by atoms with Crippen molar-refractivity contribution in [3.05, 3.63) is 42.1 Å². The molecule has 19 heavy (non-hydrogen) atoms. The quantitative estimate of drug-likeness (QED) is 0.893. The van der Waals surface area contributed by atoms with Crippen molar-refractivity contribution in [2.24, 2.45) is 5.41 Å². The summed E-state index contributed by atoms with van der Waals surface area (Å²) in [6.07, 6.45) is 7.22. The summed E-state index contributed by atoms with van der Waals surface area (Å²) in [7, 11) is 2.09. The van der Waals surface area contributed by atoms with Crippen LogP contribution in [0, 0.1) is 5.41 Å². The van der Waals surface area contributed by atoms with E-state index in [1.807, 2.05) is 12.3 Å². The third-order valence-electron chi connectivity index (χ3n) is 4.72. The lowest BCUT2D eigenvalue weighted by molar-refractivity contribution is 0.235. The minimum atomic E-state index is 0.374. The molecule has 0 radical (unpaired) electrons. The number of benzene rings is 1. The van der Waals surface area contributed by atoms with Gasteiger partial charge in [-0.05, 0) is 43.0 Å². The van der Waals surface area contributed by atoms with Crippen molar-refractivity contribution in [1.29, 1.82) is 0 Å². The Labute approximate surface area is 115 Å². The molecule has 0 spiro atoms. The molecule has 0 aliphatic heterocycles. The Hall–Kier alpha value is -1.41. The molecule has 1 saturated carbocycles. The van der Waals surface area contributed by atoms with Crippen molar-refractivity contribution in [1.82, 2.24) is 10.3 Å². The molecule has 100 valence electrons. The Bertz CT molecular complexity index is 565. The molecule has 1 aromatic heterocycles. The number of nitrogens with one attached hydrogen (secondary N) is 1. The number of pyridine rings is 1. The summed E-state index contributed by atoms with van der Waals surface area (Å²) in [5.41, 5.74) is 2.87. The van der Waals surface area contributed by atoms with Gasteiger partial charge in [0.1, 0.15) is 0 Å². The van der Waals surface area contributed by atoms with E-state index in [1.54, 1.807) is 0 Å². The highest BCUT2D eigenvalue weighted by Gasteiger charge is 2.37. The van der Waals surface area contributed by atoms with Gasteiger partial charge in [0.15, 0.2) is 0 Å². The lowest BCUT2D eigenvalue weighted by atomic mass is 9.76. The maximum atomic E-state index is 4.48. The van der Waals surface area contributed by atoms with Gasteiger partial charge in [-0.15, -0.1) is 0 Å². The van der Waals surface area contributed by atoms with Gasteiger partial charge in [-0.3, -0.25) is 4.98 Å². The summed E-state index contributed by atoms with van der Waals surface area (Å²) in [6.45, 7) is 2.43. The van der Waals surface area contributed by atoms with Gasteiger partial charge in [0.05, 0.1) is 5.52 Å². The summed E-state index contributed by atoms with van der Waals surface area (Å²) in [5.74, 6) is 0. The fourth-order valence-corrected chi connectivity index (χ4v) is 3.73. The highest BCUT2D eigenvalue weighted by atomic mass is 14.9. The van der Waals surface area contributed by atoms with Crippen LogP contribution < -0.4 is 5.32 Å². The molecule has 1 unspecified atom stereocenters. The van der Waals surface area contributed by atoms with Gasteiger partial charge in [-0.25, -0.2) is 0 Å². The van der Waals surface area contributed by atoms with Gasteiger partial charge >= 0.3 is 0 Å². The van der Waals surface area contributed by atoms with Gasteiger partial charge in [0.2, 0.25) is 0 Å². The van der Waals surface area contributed by atoms with E-state index in [0.29, 0.717) is 11.5 Å². The molecule has 1 atom stereocenters. The van der Waals surface area contributed by atoms with E-state index >= 15 is 0 Å². The summed E-state index contributed by atoms with van der Waals surface area (Å²) in [4.78, 5) is 4.48. The molecular weight excluding hydrogens is 232 g/mol. The van der Waals surface area contributed by atoms with Crippen molar-refractivity contribution >= 4 is 10.9 Å². The number of aromatic nitrogens is 1. The molecule has 0 bridgehead atoms. The number of rotatable bonds is 3. The Balaban J connectivity index is 2.11. The zero-order chi connectivity index (χ0) is 13.3. The van der Waals surface area contributed by atoms with Crippen molar-refractivity contribution in [3.63, 3.8) is 0 Å². The van der Waals surface area contributed by atoms with E-state index in [0.717, 1.165) is 5.52 Å². The second-order valence-electron chi connectivity index (χ2n) is 6.00. The zero-order valence-corrected chi connectivity index (χ0v) is 11.8. The zero-order valence-electron chi connectivity index (χ0n) is 11.8. The first kappa shape index (κ1) is 12.6. The smallest absolute Gasteiger partial charge is 0.0705 e. The molecule has 1 aromatic carbocycles. The highest BCUT2D eigenvalue weighted by Crippen LogP contribution is 2.48. The molecule has 1 N–H and O–H groups in total. The van der Waals surface area contributed by atoms with Crippen molar-refractivity contribution < 1.29 is 0 Å². The molecule has 2 heteroatoms. The standard InChI is InChI=1S/C17H22N2/c1-17(10-3-4-11-17)16(18-2)14-7-5-9-15-13(14)8-6-12-19-15/h5-9,12,16,18H,3-4,10-11H2,1-2H3. The lowest BCUT2D eigenvalue weighted by Gasteiger charge is -2.35. The molecule has 0 amide bonds. The van der Waals surface area contributed by atoms with Crippen LogP contribution in [0.25, 0.3) is 10.9 Å². The van der Waals surface area contributed by atoms with Gasteiger partial charge < -0.3 is 5.32 Å². The maximum absolute atomic E-state index is 4.48. The SMILES string of the molecule is CNC(c1cccc2ncccc12)C1(C)CCCC1. The normalized spacial score (nSPS) is 19.7. The number of hydrogen-bond donors (Lipinski definition) is 1. The van der Waals surface area contributed by atoms with E-state index in [9.17, 15) is 0 Å². The van der Waals surface area contributed by atoms with E-state index in [2.05, 4.69) is 48.5 Å². The summed E-state index contributed by atoms with van der Waals surface area (Å²) in [5, 5.41) is 4.85. The third-order valence-corrected chi connectivity index (χ3v) is 4.72. The Morgan fingerprint density at radius 3 is 2.68 bits per heavy atom. The van der Waals surface area contributed by atoms with Crippen LogP contribution in [0.2, 0.25) is 0 Å². The average molecular weight is 254 g/mol. The molecular formula is C17H22N2. The van der Waals surface area contributed by atoms with E-state index < -0.39 is 0 Å². The highest BCUT2D eigenvalue weighted by molar-refractivity contribution is 5.82. The number of hydrogen-bond acceptors (Lipinski definition) is 2. The van der Waals surface area contributed by atoms with Crippen LogP contribution in [0.3, 0.4) is 0 Å². The van der Waals surface area contributed by atoms with Crippen LogP contribution in [0.15, 0.2) is 36.5 Å². The fraction of sp³-hybridized carbons (Fsp3) is 0.471. The lowest BCUT2D eigenvalue weighted by Crippen LogP contribution is -2.32. The van der Waals surface area contributed by atoms with Gasteiger partial charge in [-0.1, -0.05) is 38.0 Å². The van der Waals surface area contributed by atoms with Crippen molar-refractivity contribution in [2.45, 2.75) is 38.6 Å². The van der Waals surface area contributed by atoms with Crippen LogP contribution in [-0.2, 0) is 0 Å². The monoisotopic (exact) mass is 254 g/mol. The van der Waals surface area contributed by atoms with Crippen LogP contribution in [0.5, 0.6) is 0 Å². The Morgan fingerprint density at radius 1 is 1.16 bits per heavy atom. The molecule has 1 aliphatic rings. The second-order valence-corrected chi connectivity index (χ2v) is 6.00. The maximum Gasteiger partial charge on any atom is 0.0705 e. The Morgan fingerprint density at radius 2 is 1.95 bits per heavy atom. The largest absolute Gasteiger partial charge is 0.313 e. The average Bonchev–Trinajstić information content (AvgIpc) is 2.87. The molecule has 1 fully saturated rings. The van der Waals surface area contributed by atoms with Crippen LogP contribution in [-0.4, -0.2) is 12.0 Å². The van der Waals surface area contributed by atoms with E-state index in [4.69, 9.17) is 0 Å². The van der Waals surface area contributed by atoms with Crippen LogP contribution >= 0.6 is 0 Å². The fourth-order valence-electron chi connectivity index (χ4n) is 3.73. The predicted molar refractivity (Wildman–Crippen MR) is 80.1 cm³/mol. The first-order valence-corrected chi connectivity index (χ1v) is 7.25. The molecule has 2 aromatic rings. The van der Waals surface area contributed by atoms with Crippen molar-refractivity contribution in [3.8, 4) is 0 Å². The van der Waals surface area contributed by atoms with Gasteiger partial charge in [0.25, 0.3) is 0 Å². The van der Waals surface area contributed by atoms with E-state index in [1.165, 1.54) is 36.6 Å². The molecule has 1 aliphatic carbocycles. The summed E-state index contributed by atoms with van der Waals surface area (Å²) >= 11 is 0. The van der Waals surface area contributed by atoms with E-state index in [-0.39, 0.29) is 0 Å². The predicted octanol–water partition coefficient (Wildman–Crippen LogP) is 4.08. The third kappa shape index (κ3) is 2.14. The molecule has 2 nitrogen and oxygen atoms in total. The van der Waals surface area contributed by atoms with Crippen LogP contribution in [0.4, 0.5) is 0 Å². The molecule has 0 saturated heterocycles. The minimum absolute atomic E-state index is 0.374.